The predicted octanol–water partition coefficient (Wildman–Crippen LogP) is 5.87. The van der Waals surface area contributed by atoms with Gasteiger partial charge in [0.25, 0.3) is 0 Å². The molecule has 2 aliphatic rings. The zero-order chi connectivity index (χ0) is 19.7. The average molecular weight is 390 g/mol. The molecule has 3 nitrogen and oxygen atoms in total. The van der Waals surface area contributed by atoms with Gasteiger partial charge in [0.05, 0.1) is 17.7 Å². The third-order valence-corrected chi connectivity index (χ3v) is 5.24. The second kappa shape index (κ2) is 7.49. The van der Waals surface area contributed by atoms with Crippen molar-refractivity contribution in [3.8, 4) is 16.9 Å². The first kappa shape index (κ1) is 18.8. The Kier molecular flexibility index (Phi) is 5.04. The van der Waals surface area contributed by atoms with Crippen LogP contribution in [0.4, 0.5) is 13.2 Å². The molecule has 4 rings (SSSR count). The van der Waals surface area contributed by atoms with Crippen molar-refractivity contribution in [3.05, 3.63) is 53.6 Å². The standard InChI is InChI=1S/C22H21F3O3/c23-22(24,25)17-9-6-15(7-10-17)19-11-8-16(21(26)28-18-2-1-3-18)12-20(19)27-13-14-4-5-14/h6-12,14,18H,1-5,13H2. The Bertz CT molecular complexity index is 850. The van der Waals surface area contributed by atoms with Gasteiger partial charge in [-0.2, -0.15) is 13.2 Å². The number of benzene rings is 2. The van der Waals surface area contributed by atoms with Gasteiger partial charge in [-0.25, -0.2) is 4.79 Å². The maximum atomic E-state index is 12.8. The quantitative estimate of drug-likeness (QED) is 0.579. The number of esters is 1. The lowest BCUT2D eigenvalue weighted by atomic mass is 9.96. The molecular formula is C22H21F3O3. The molecule has 2 saturated carbocycles. The largest absolute Gasteiger partial charge is 0.493 e. The number of hydrogen-bond acceptors (Lipinski definition) is 3. The van der Waals surface area contributed by atoms with Crippen molar-refractivity contribution in [1.29, 1.82) is 0 Å². The van der Waals surface area contributed by atoms with E-state index in [-0.39, 0.29) is 12.1 Å². The summed E-state index contributed by atoms with van der Waals surface area (Å²) in [5.74, 6) is 0.612. The van der Waals surface area contributed by atoms with E-state index in [2.05, 4.69) is 0 Å². The van der Waals surface area contributed by atoms with Crippen molar-refractivity contribution in [2.24, 2.45) is 5.92 Å². The van der Waals surface area contributed by atoms with Gasteiger partial charge in [-0.1, -0.05) is 12.1 Å². The molecule has 0 heterocycles. The van der Waals surface area contributed by atoms with Crippen LogP contribution in [0, 0.1) is 5.92 Å². The summed E-state index contributed by atoms with van der Waals surface area (Å²) >= 11 is 0. The van der Waals surface area contributed by atoms with E-state index in [0.29, 0.717) is 35.0 Å². The van der Waals surface area contributed by atoms with Crippen LogP contribution in [0.1, 0.15) is 48.0 Å². The molecule has 148 valence electrons. The Morgan fingerprint density at radius 3 is 2.29 bits per heavy atom. The lowest BCUT2D eigenvalue weighted by molar-refractivity contribution is -0.137. The normalized spacial score (nSPS) is 17.1. The second-order valence-electron chi connectivity index (χ2n) is 7.50. The number of halogens is 3. The molecule has 0 atom stereocenters. The number of alkyl halides is 3. The molecule has 0 amide bonds. The fourth-order valence-corrected chi connectivity index (χ4v) is 3.05. The number of ether oxygens (including phenoxy) is 2. The van der Waals surface area contributed by atoms with Gasteiger partial charge in [0, 0.05) is 5.56 Å². The van der Waals surface area contributed by atoms with Crippen LogP contribution >= 0.6 is 0 Å². The molecule has 6 heteroatoms. The van der Waals surface area contributed by atoms with Gasteiger partial charge in [0.1, 0.15) is 11.9 Å². The van der Waals surface area contributed by atoms with Gasteiger partial charge in [-0.15, -0.1) is 0 Å². The summed E-state index contributed by atoms with van der Waals surface area (Å²) in [5, 5.41) is 0. The van der Waals surface area contributed by atoms with Crippen molar-refractivity contribution in [3.63, 3.8) is 0 Å². The van der Waals surface area contributed by atoms with Crippen molar-refractivity contribution >= 4 is 5.97 Å². The molecule has 2 aromatic rings. The topological polar surface area (TPSA) is 35.5 Å². The summed E-state index contributed by atoms with van der Waals surface area (Å²) < 4.78 is 49.8. The van der Waals surface area contributed by atoms with Crippen molar-refractivity contribution in [1.82, 2.24) is 0 Å². The Labute approximate surface area is 161 Å². The number of carbonyl (C=O) groups excluding carboxylic acids is 1. The molecule has 0 aliphatic heterocycles. The summed E-state index contributed by atoms with van der Waals surface area (Å²) in [5.41, 5.74) is 0.970. The number of carbonyl (C=O) groups is 1. The molecule has 2 fully saturated rings. The van der Waals surface area contributed by atoms with E-state index in [4.69, 9.17) is 9.47 Å². The van der Waals surface area contributed by atoms with Crippen molar-refractivity contribution in [2.75, 3.05) is 6.61 Å². The Hall–Kier alpha value is -2.50. The Balaban J connectivity index is 1.60. The van der Waals surface area contributed by atoms with Gasteiger partial charge in [-0.3, -0.25) is 0 Å². The first-order chi connectivity index (χ1) is 13.4. The van der Waals surface area contributed by atoms with Gasteiger partial charge in [-0.05, 0) is 73.9 Å². The monoisotopic (exact) mass is 390 g/mol. The van der Waals surface area contributed by atoms with Crippen LogP contribution in [0.5, 0.6) is 5.75 Å². The molecule has 0 spiro atoms. The van der Waals surface area contributed by atoms with Crippen LogP contribution in [0.3, 0.4) is 0 Å². The molecule has 28 heavy (non-hydrogen) atoms. The second-order valence-corrected chi connectivity index (χ2v) is 7.50. The zero-order valence-corrected chi connectivity index (χ0v) is 15.3. The highest BCUT2D eigenvalue weighted by atomic mass is 19.4. The third-order valence-electron chi connectivity index (χ3n) is 5.24. The molecule has 2 aromatic carbocycles. The molecular weight excluding hydrogens is 369 g/mol. The van der Waals surface area contributed by atoms with E-state index in [1.54, 1.807) is 18.2 Å². The maximum absolute atomic E-state index is 12.8. The SMILES string of the molecule is O=C(OC1CCC1)c1ccc(-c2ccc(C(F)(F)F)cc2)c(OCC2CC2)c1. The summed E-state index contributed by atoms with van der Waals surface area (Å²) in [7, 11) is 0. The summed E-state index contributed by atoms with van der Waals surface area (Å²) in [6.07, 6.45) is 0.677. The summed E-state index contributed by atoms with van der Waals surface area (Å²) in [4.78, 5) is 12.4. The van der Waals surface area contributed by atoms with Crippen LogP contribution < -0.4 is 4.74 Å². The molecule has 0 bridgehead atoms. The van der Waals surface area contributed by atoms with Gasteiger partial charge in [0.15, 0.2) is 0 Å². The first-order valence-corrected chi connectivity index (χ1v) is 9.55. The van der Waals surface area contributed by atoms with Crippen LogP contribution in [0.15, 0.2) is 42.5 Å². The highest BCUT2D eigenvalue weighted by Gasteiger charge is 2.30. The van der Waals surface area contributed by atoms with Crippen molar-refractivity contribution < 1.29 is 27.4 Å². The van der Waals surface area contributed by atoms with E-state index in [1.165, 1.54) is 12.1 Å². The van der Waals surface area contributed by atoms with E-state index >= 15 is 0 Å². The van der Waals surface area contributed by atoms with Gasteiger partial charge < -0.3 is 9.47 Å². The summed E-state index contributed by atoms with van der Waals surface area (Å²) in [6, 6.07) is 9.94. The van der Waals surface area contributed by atoms with E-state index in [1.807, 2.05) is 0 Å². The molecule has 0 N–H and O–H groups in total. The molecule has 0 saturated heterocycles. The Morgan fingerprint density at radius 1 is 1.00 bits per heavy atom. The van der Waals surface area contributed by atoms with E-state index in [0.717, 1.165) is 44.2 Å². The van der Waals surface area contributed by atoms with Crippen LogP contribution in [0.25, 0.3) is 11.1 Å². The Morgan fingerprint density at radius 2 is 1.71 bits per heavy atom. The molecule has 0 aromatic heterocycles. The van der Waals surface area contributed by atoms with E-state index < -0.39 is 11.7 Å². The van der Waals surface area contributed by atoms with Crippen LogP contribution in [0.2, 0.25) is 0 Å². The average Bonchev–Trinajstić information content (AvgIpc) is 3.46. The number of hydrogen-bond donors (Lipinski definition) is 0. The highest BCUT2D eigenvalue weighted by Crippen LogP contribution is 2.37. The summed E-state index contributed by atoms with van der Waals surface area (Å²) in [6.45, 7) is 0.536. The van der Waals surface area contributed by atoms with Crippen LogP contribution in [-0.2, 0) is 10.9 Å². The lowest BCUT2D eigenvalue weighted by Gasteiger charge is -2.25. The van der Waals surface area contributed by atoms with Gasteiger partial charge >= 0.3 is 12.1 Å². The lowest BCUT2D eigenvalue weighted by Crippen LogP contribution is -2.25. The van der Waals surface area contributed by atoms with Crippen LogP contribution in [-0.4, -0.2) is 18.7 Å². The fourth-order valence-electron chi connectivity index (χ4n) is 3.05. The van der Waals surface area contributed by atoms with Gasteiger partial charge in [0.2, 0.25) is 0 Å². The molecule has 0 radical (unpaired) electrons. The first-order valence-electron chi connectivity index (χ1n) is 9.55. The highest BCUT2D eigenvalue weighted by molar-refractivity contribution is 5.91. The smallest absolute Gasteiger partial charge is 0.416 e. The molecule has 2 aliphatic carbocycles. The zero-order valence-electron chi connectivity index (χ0n) is 15.3. The number of rotatable bonds is 6. The maximum Gasteiger partial charge on any atom is 0.416 e. The molecule has 0 unspecified atom stereocenters. The minimum absolute atomic E-state index is 0.0158. The minimum atomic E-state index is -4.38. The third kappa shape index (κ3) is 4.32. The predicted molar refractivity (Wildman–Crippen MR) is 98.2 cm³/mol. The fraction of sp³-hybridized carbons (Fsp3) is 0.409. The van der Waals surface area contributed by atoms with E-state index in [9.17, 15) is 18.0 Å². The minimum Gasteiger partial charge on any atom is -0.493 e. The van der Waals surface area contributed by atoms with Crippen molar-refractivity contribution in [2.45, 2.75) is 44.4 Å².